The van der Waals surface area contributed by atoms with E-state index in [-0.39, 0.29) is 5.78 Å². The molecule has 0 radical (unpaired) electrons. The summed E-state index contributed by atoms with van der Waals surface area (Å²) in [5.41, 5.74) is 0.890. The number of hydrogen-bond acceptors (Lipinski definition) is 3. The average molecular weight is 154 g/mol. The number of rotatable bonds is 1. The SMILES string of the molecule is CN(C)C=C1CNCCC1=O. The number of Topliss-reactive ketones (excluding diaryl/α,β-unsaturated/α-hetero) is 1. The van der Waals surface area contributed by atoms with Crippen molar-refractivity contribution in [2.24, 2.45) is 0 Å². The molecule has 0 aliphatic carbocycles. The van der Waals surface area contributed by atoms with Gasteiger partial charge in [0.1, 0.15) is 0 Å². The van der Waals surface area contributed by atoms with Crippen LogP contribution in [-0.4, -0.2) is 37.9 Å². The molecule has 3 heteroatoms. The quantitative estimate of drug-likeness (QED) is 0.539. The van der Waals surface area contributed by atoms with Crippen molar-refractivity contribution in [3.05, 3.63) is 11.8 Å². The van der Waals surface area contributed by atoms with Crippen LogP contribution < -0.4 is 5.32 Å². The number of nitrogens with zero attached hydrogens (tertiary/aromatic N) is 1. The summed E-state index contributed by atoms with van der Waals surface area (Å²) in [6.45, 7) is 1.54. The van der Waals surface area contributed by atoms with Gasteiger partial charge in [0.15, 0.2) is 5.78 Å². The first-order valence-corrected chi connectivity index (χ1v) is 3.81. The van der Waals surface area contributed by atoms with Crippen molar-refractivity contribution < 1.29 is 4.79 Å². The van der Waals surface area contributed by atoms with E-state index < -0.39 is 0 Å². The smallest absolute Gasteiger partial charge is 0.162 e. The van der Waals surface area contributed by atoms with Gasteiger partial charge in [-0.2, -0.15) is 0 Å². The zero-order valence-electron chi connectivity index (χ0n) is 7.05. The van der Waals surface area contributed by atoms with Gasteiger partial charge in [-0.1, -0.05) is 0 Å². The molecule has 1 aliphatic rings. The van der Waals surface area contributed by atoms with Gasteiger partial charge in [0.25, 0.3) is 0 Å². The van der Waals surface area contributed by atoms with E-state index in [2.05, 4.69) is 5.32 Å². The Hall–Kier alpha value is -0.830. The Labute approximate surface area is 67.1 Å². The van der Waals surface area contributed by atoms with Crippen molar-refractivity contribution in [2.45, 2.75) is 6.42 Å². The lowest BCUT2D eigenvalue weighted by Gasteiger charge is -2.16. The number of hydrogen-bond donors (Lipinski definition) is 1. The molecular formula is C8H14N2O. The minimum atomic E-state index is 0.275. The molecule has 1 heterocycles. The third-order valence-electron chi connectivity index (χ3n) is 1.62. The lowest BCUT2D eigenvalue weighted by Crippen LogP contribution is -2.31. The van der Waals surface area contributed by atoms with Gasteiger partial charge in [-0.25, -0.2) is 0 Å². The van der Waals surface area contributed by atoms with E-state index in [4.69, 9.17) is 0 Å². The molecule has 3 nitrogen and oxygen atoms in total. The fraction of sp³-hybridized carbons (Fsp3) is 0.625. The third-order valence-corrected chi connectivity index (χ3v) is 1.62. The Kier molecular flexibility index (Phi) is 2.65. The monoisotopic (exact) mass is 154 g/mol. The van der Waals surface area contributed by atoms with E-state index in [9.17, 15) is 4.79 Å². The summed E-state index contributed by atoms with van der Waals surface area (Å²) in [6, 6.07) is 0. The van der Waals surface area contributed by atoms with E-state index in [1.807, 2.05) is 25.2 Å². The van der Waals surface area contributed by atoms with Crippen LogP contribution in [0, 0.1) is 0 Å². The van der Waals surface area contributed by atoms with Gasteiger partial charge in [-0.15, -0.1) is 0 Å². The summed E-state index contributed by atoms with van der Waals surface area (Å²) in [4.78, 5) is 13.1. The maximum atomic E-state index is 11.2. The van der Waals surface area contributed by atoms with Crippen molar-refractivity contribution in [1.82, 2.24) is 10.2 Å². The molecule has 1 fully saturated rings. The third kappa shape index (κ3) is 2.35. The Bertz CT molecular complexity index is 185. The zero-order valence-corrected chi connectivity index (χ0v) is 7.05. The molecule has 0 unspecified atom stereocenters. The molecule has 0 amide bonds. The molecule has 62 valence electrons. The summed E-state index contributed by atoms with van der Waals surface area (Å²) in [5, 5.41) is 3.15. The number of ketones is 1. The zero-order chi connectivity index (χ0) is 8.27. The first kappa shape index (κ1) is 8.27. The van der Waals surface area contributed by atoms with Crippen LogP contribution in [0.25, 0.3) is 0 Å². The van der Waals surface area contributed by atoms with Crippen molar-refractivity contribution in [3.8, 4) is 0 Å². The fourth-order valence-corrected chi connectivity index (χ4v) is 1.11. The van der Waals surface area contributed by atoms with Crippen molar-refractivity contribution in [3.63, 3.8) is 0 Å². The first-order valence-electron chi connectivity index (χ1n) is 3.81. The molecule has 0 atom stereocenters. The number of nitrogens with one attached hydrogen (secondary N) is 1. The highest BCUT2D eigenvalue weighted by Crippen LogP contribution is 2.03. The van der Waals surface area contributed by atoms with Crippen LogP contribution in [0.15, 0.2) is 11.8 Å². The van der Waals surface area contributed by atoms with E-state index in [0.29, 0.717) is 6.42 Å². The first-order chi connectivity index (χ1) is 5.20. The summed E-state index contributed by atoms with van der Waals surface area (Å²) < 4.78 is 0. The van der Waals surface area contributed by atoms with Gasteiger partial charge in [0.2, 0.25) is 0 Å². The highest BCUT2D eigenvalue weighted by molar-refractivity contribution is 5.96. The van der Waals surface area contributed by atoms with Gasteiger partial charge in [-0.05, 0) is 0 Å². The summed E-state index contributed by atoms with van der Waals surface area (Å²) >= 11 is 0. The van der Waals surface area contributed by atoms with Crippen LogP contribution in [0.5, 0.6) is 0 Å². The molecule has 0 spiro atoms. The van der Waals surface area contributed by atoms with Crippen molar-refractivity contribution >= 4 is 5.78 Å². The van der Waals surface area contributed by atoms with Crippen molar-refractivity contribution in [1.29, 1.82) is 0 Å². The molecule has 1 saturated heterocycles. The Morgan fingerprint density at radius 2 is 2.27 bits per heavy atom. The van der Waals surface area contributed by atoms with Crippen LogP contribution >= 0.6 is 0 Å². The summed E-state index contributed by atoms with van der Waals surface area (Å²) in [6.07, 6.45) is 2.52. The van der Waals surface area contributed by atoms with Gasteiger partial charge in [0.05, 0.1) is 0 Å². The lowest BCUT2D eigenvalue weighted by molar-refractivity contribution is -0.116. The molecular weight excluding hydrogens is 140 g/mol. The van der Waals surface area contributed by atoms with Gasteiger partial charge in [-0.3, -0.25) is 4.79 Å². The lowest BCUT2D eigenvalue weighted by atomic mass is 10.1. The second-order valence-corrected chi connectivity index (χ2v) is 2.97. The van der Waals surface area contributed by atoms with Crippen LogP contribution in [0.1, 0.15) is 6.42 Å². The second-order valence-electron chi connectivity index (χ2n) is 2.97. The number of piperidine rings is 1. The largest absolute Gasteiger partial charge is 0.383 e. The minimum absolute atomic E-state index is 0.275. The highest BCUT2D eigenvalue weighted by Gasteiger charge is 2.13. The Balaban J connectivity index is 2.61. The Morgan fingerprint density at radius 3 is 2.82 bits per heavy atom. The minimum Gasteiger partial charge on any atom is -0.383 e. The molecule has 0 aromatic carbocycles. The molecule has 0 saturated carbocycles. The van der Waals surface area contributed by atoms with Gasteiger partial charge < -0.3 is 10.2 Å². The summed E-state index contributed by atoms with van der Waals surface area (Å²) in [5.74, 6) is 0.275. The Morgan fingerprint density at radius 1 is 1.55 bits per heavy atom. The predicted octanol–water partition coefficient (Wildman–Crippen LogP) is -0.00570. The molecule has 0 aromatic heterocycles. The molecule has 0 aromatic rings. The normalized spacial score (nSPS) is 22.4. The topological polar surface area (TPSA) is 32.3 Å². The van der Waals surface area contributed by atoms with Crippen LogP contribution in [0.3, 0.4) is 0 Å². The predicted molar refractivity (Wildman–Crippen MR) is 44.3 cm³/mol. The summed E-state index contributed by atoms with van der Waals surface area (Å²) in [7, 11) is 3.85. The van der Waals surface area contributed by atoms with E-state index >= 15 is 0 Å². The van der Waals surface area contributed by atoms with Crippen molar-refractivity contribution in [2.75, 3.05) is 27.2 Å². The molecule has 0 bridgehead atoms. The van der Waals surface area contributed by atoms with E-state index in [1.54, 1.807) is 0 Å². The van der Waals surface area contributed by atoms with E-state index in [0.717, 1.165) is 18.7 Å². The highest BCUT2D eigenvalue weighted by atomic mass is 16.1. The van der Waals surface area contributed by atoms with Crippen LogP contribution in [0.4, 0.5) is 0 Å². The second kappa shape index (κ2) is 3.53. The van der Waals surface area contributed by atoms with Gasteiger partial charge >= 0.3 is 0 Å². The average Bonchev–Trinajstić information content (AvgIpc) is 1.93. The maximum Gasteiger partial charge on any atom is 0.162 e. The van der Waals surface area contributed by atoms with Crippen LogP contribution in [0.2, 0.25) is 0 Å². The van der Waals surface area contributed by atoms with E-state index in [1.165, 1.54) is 0 Å². The standard InChI is InChI=1S/C8H14N2O/c1-10(2)6-7-5-9-4-3-8(7)11/h6,9H,3-5H2,1-2H3. The number of carbonyl (C=O) groups excluding carboxylic acids is 1. The van der Waals surface area contributed by atoms with Crippen LogP contribution in [-0.2, 0) is 4.79 Å². The fourth-order valence-electron chi connectivity index (χ4n) is 1.11. The number of carbonyl (C=O) groups is 1. The van der Waals surface area contributed by atoms with Gasteiger partial charge in [0, 0.05) is 45.4 Å². The molecule has 11 heavy (non-hydrogen) atoms. The molecule has 1 rings (SSSR count). The molecule has 1 N–H and O–H groups in total. The molecule has 1 aliphatic heterocycles. The maximum absolute atomic E-state index is 11.2.